The number of para-hydroxylation sites is 2. The molecule has 0 bridgehead atoms. The summed E-state index contributed by atoms with van der Waals surface area (Å²) in [5.74, 6) is 0.279. The molecular formula is C23H35N7O. The van der Waals surface area contributed by atoms with Gasteiger partial charge in [-0.2, -0.15) is 0 Å². The normalized spacial score (nSPS) is 19.6. The lowest BCUT2D eigenvalue weighted by molar-refractivity contribution is 0.116. The van der Waals surface area contributed by atoms with Gasteiger partial charge in [-0.1, -0.05) is 44.2 Å². The zero-order valence-corrected chi connectivity index (χ0v) is 18.3. The van der Waals surface area contributed by atoms with Crippen LogP contribution in [0.3, 0.4) is 0 Å². The summed E-state index contributed by atoms with van der Waals surface area (Å²) >= 11 is 0. The second-order valence-corrected chi connectivity index (χ2v) is 8.81. The molecule has 0 atom stereocenters. The van der Waals surface area contributed by atoms with E-state index >= 15 is 0 Å². The van der Waals surface area contributed by atoms with Crippen molar-refractivity contribution in [2.24, 2.45) is 16.5 Å². The molecule has 1 aliphatic heterocycles. The minimum absolute atomic E-state index is 0.0183. The molecule has 0 amide bonds. The number of guanidine groups is 1. The van der Waals surface area contributed by atoms with E-state index in [1.807, 2.05) is 28.8 Å². The second-order valence-electron chi connectivity index (χ2n) is 8.81. The molecule has 2 aromatic rings. The first-order valence-electron chi connectivity index (χ1n) is 11.7. The molecule has 8 heteroatoms. The van der Waals surface area contributed by atoms with Crippen molar-refractivity contribution in [1.29, 1.82) is 0 Å². The van der Waals surface area contributed by atoms with Gasteiger partial charge in [-0.15, -0.1) is 0 Å². The molecule has 0 radical (unpaired) electrons. The van der Waals surface area contributed by atoms with Gasteiger partial charge in [0.15, 0.2) is 11.8 Å². The molecule has 4 rings (SSSR count). The summed E-state index contributed by atoms with van der Waals surface area (Å²) in [6.45, 7) is 2.23. The van der Waals surface area contributed by atoms with Gasteiger partial charge >= 0.3 is 0 Å². The van der Waals surface area contributed by atoms with Crippen LogP contribution in [-0.4, -0.2) is 46.2 Å². The smallest absolute Gasteiger partial charge is 0.294 e. The number of likely N-dealkylation sites (tertiary alicyclic amines) is 1. The number of rotatable bonds is 5. The number of hydrogen-bond acceptors (Lipinski definition) is 5. The topological polar surface area (TPSA) is 115 Å². The molecule has 0 unspecified atom stereocenters. The number of anilines is 1. The first-order chi connectivity index (χ1) is 15.1. The minimum Gasteiger partial charge on any atom is -0.370 e. The van der Waals surface area contributed by atoms with E-state index in [2.05, 4.69) is 20.2 Å². The number of nitrogens with zero attached hydrogens (tertiary/aromatic N) is 4. The molecule has 1 saturated carbocycles. The number of aliphatic imine (C=N–C) groups is 1. The third-order valence-electron chi connectivity index (χ3n) is 6.76. The van der Waals surface area contributed by atoms with Crippen LogP contribution in [0.25, 0.3) is 11.0 Å². The van der Waals surface area contributed by atoms with Crippen LogP contribution in [0.2, 0.25) is 0 Å². The summed E-state index contributed by atoms with van der Waals surface area (Å²) in [6, 6.07) is 8.74. The van der Waals surface area contributed by atoms with Crippen LogP contribution < -0.4 is 22.3 Å². The number of fused-ring (bicyclic) bond motifs is 1. The van der Waals surface area contributed by atoms with Crippen molar-refractivity contribution < 1.29 is 0 Å². The van der Waals surface area contributed by atoms with Crippen molar-refractivity contribution in [2.75, 3.05) is 25.1 Å². The first kappa shape index (κ1) is 21.6. The van der Waals surface area contributed by atoms with Crippen LogP contribution in [0.5, 0.6) is 0 Å². The van der Waals surface area contributed by atoms with Crippen molar-refractivity contribution in [1.82, 2.24) is 14.5 Å². The van der Waals surface area contributed by atoms with Gasteiger partial charge in [0.05, 0.1) is 11.0 Å². The molecule has 2 fully saturated rings. The third kappa shape index (κ3) is 5.18. The molecule has 0 spiro atoms. The summed E-state index contributed by atoms with van der Waals surface area (Å²) in [5.41, 5.74) is 12.4. The largest absolute Gasteiger partial charge is 0.370 e. The van der Waals surface area contributed by atoms with Gasteiger partial charge in [0.25, 0.3) is 5.56 Å². The molecule has 5 N–H and O–H groups in total. The molecule has 2 heterocycles. The van der Waals surface area contributed by atoms with Crippen LogP contribution in [0.4, 0.5) is 5.82 Å². The number of nitrogens with one attached hydrogen (secondary N) is 1. The van der Waals surface area contributed by atoms with Crippen LogP contribution >= 0.6 is 0 Å². The van der Waals surface area contributed by atoms with E-state index in [9.17, 15) is 4.79 Å². The summed E-state index contributed by atoms with van der Waals surface area (Å²) in [4.78, 5) is 24.5. The molecule has 1 aliphatic carbocycles. The molecule has 1 aromatic heterocycles. The van der Waals surface area contributed by atoms with E-state index in [0.29, 0.717) is 11.9 Å². The van der Waals surface area contributed by atoms with E-state index in [0.717, 1.165) is 37.0 Å². The number of aromatic nitrogens is 2. The number of benzene rings is 1. The Morgan fingerprint density at radius 3 is 2.39 bits per heavy atom. The van der Waals surface area contributed by atoms with Crippen molar-refractivity contribution in [3.8, 4) is 0 Å². The van der Waals surface area contributed by atoms with Crippen LogP contribution in [0.15, 0.2) is 34.1 Å². The van der Waals surface area contributed by atoms with Crippen molar-refractivity contribution in [3.63, 3.8) is 0 Å². The maximum Gasteiger partial charge on any atom is 0.294 e. The lowest BCUT2D eigenvalue weighted by atomic mass is 9.93. The van der Waals surface area contributed by atoms with Crippen LogP contribution in [0, 0.1) is 0 Å². The fraction of sp³-hybridized carbons (Fsp3) is 0.609. The van der Waals surface area contributed by atoms with E-state index in [1.165, 1.54) is 44.9 Å². The van der Waals surface area contributed by atoms with Crippen molar-refractivity contribution in [2.45, 2.75) is 69.9 Å². The van der Waals surface area contributed by atoms with E-state index in [1.54, 1.807) is 0 Å². The number of nitrogens with two attached hydrogens (primary N) is 2. The van der Waals surface area contributed by atoms with Crippen LogP contribution in [-0.2, 0) is 0 Å². The van der Waals surface area contributed by atoms with Gasteiger partial charge in [-0.3, -0.25) is 4.79 Å². The molecule has 1 aromatic carbocycles. The zero-order valence-electron chi connectivity index (χ0n) is 18.3. The zero-order chi connectivity index (χ0) is 21.6. The Hall–Kier alpha value is -2.61. The van der Waals surface area contributed by atoms with Crippen molar-refractivity contribution >= 4 is 22.8 Å². The Labute approximate surface area is 183 Å². The summed E-state index contributed by atoms with van der Waals surface area (Å²) in [6.07, 6.45) is 11.5. The number of piperidine rings is 1. The third-order valence-corrected chi connectivity index (χ3v) is 6.76. The average molecular weight is 426 g/mol. The maximum absolute atomic E-state index is 13.3. The standard InChI is InChI=1S/C23H35N7O/c24-23(25)27-16-26-21-22(31)30(20-11-7-6-10-19(20)28-21)18-12-14-29(15-13-18)17-8-4-2-1-3-5-9-17/h6-7,10-11,17-18H,1-5,8-9,12-16H2,(H,26,28)(H4,24,25,27). The fourth-order valence-corrected chi connectivity index (χ4v) is 5.15. The molecular weight excluding hydrogens is 390 g/mol. The highest BCUT2D eigenvalue weighted by atomic mass is 16.1. The van der Waals surface area contributed by atoms with Gasteiger partial charge in [0.2, 0.25) is 0 Å². The quantitative estimate of drug-likeness (QED) is 0.501. The molecule has 168 valence electrons. The highest BCUT2D eigenvalue weighted by Crippen LogP contribution is 2.29. The minimum atomic E-state index is -0.103. The summed E-state index contributed by atoms with van der Waals surface area (Å²) < 4.78 is 1.94. The molecule has 1 saturated heterocycles. The summed E-state index contributed by atoms with van der Waals surface area (Å²) in [5, 5.41) is 2.99. The Morgan fingerprint density at radius 1 is 1.00 bits per heavy atom. The lowest BCUT2D eigenvalue weighted by Crippen LogP contribution is -2.43. The van der Waals surface area contributed by atoms with E-state index < -0.39 is 0 Å². The van der Waals surface area contributed by atoms with Gasteiger partial charge in [-0.05, 0) is 37.8 Å². The monoisotopic (exact) mass is 425 g/mol. The van der Waals surface area contributed by atoms with E-state index in [-0.39, 0.29) is 24.2 Å². The second kappa shape index (κ2) is 10.1. The Kier molecular flexibility index (Phi) is 7.06. The van der Waals surface area contributed by atoms with Crippen LogP contribution in [0.1, 0.15) is 63.8 Å². The lowest BCUT2D eigenvalue weighted by Gasteiger charge is -2.39. The molecule has 31 heavy (non-hydrogen) atoms. The Bertz CT molecular complexity index is 950. The molecule has 8 nitrogen and oxygen atoms in total. The highest BCUT2D eigenvalue weighted by Gasteiger charge is 2.28. The first-order valence-corrected chi connectivity index (χ1v) is 11.7. The van der Waals surface area contributed by atoms with E-state index in [4.69, 9.17) is 11.5 Å². The Morgan fingerprint density at radius 2 is 1.68 bits per heavy atom. The van der Waals surface area contributed by atoms with Crippen molar-refractivity contribution in [3.05, 3.63) is 34.6 Å². The highest BCUT2D eigenvalue weighted by molar-refractivity contribution is 5.77. The summed E-state index contributed by atoms with van der Waals surface area (Å²) in [7, 11) is 0. The Balaban J connectivity index is 1.54. The van der Waals surface area contributed by atoms with Gasteiger partial charge < -0.3 is 26.3 Å². The number of hydrogen-bond donors (Lipinski definition) is 3. The van der Waals surface area contributed by atoms with Gasteiger partial charge in [0.1, 0.15) is 6.67 Å². The van der Waals surface area contributed by atoms with Gasteiger partial charge in [0, 0.05) is 25.2 Å². The SMILES string of the molecule is NC(N)=NCNc1nc2ccccc2n(C2CCN(C3CCCCCCC3)CC2)c1=O. The fourth-order valence-electron chi connectivity index (χ4n) is 5.15. The maximum atomic E-state index is 13.3. The van der Waals surface area contributed by atoms with Gasteiger partial charge in [-0.25, -0.2) is 9.98 Å². The predicted molar refractivity (Wildman–Crippen MR) is 126 cm³/mol. The average Bonchev–Trinajstić information content (AvgIpc) is 2.74. The predicted octanol–water partition coefficient (Wildman–Crippen LogP) is 2.79. The molecule has 2 aliphatic rings.